The standard InChI is InChI=1S/C45H86O17P2/c1-5-9-11-13-15-17-19-21-23-25-27-29-32-45(50)62-41(36-56-43(48)30-7-3)38-60-64(53,54)58-34-39(46)33-57-63(51,52)59-37-40(35-55-42(47)8-4)61-44(49)31-28-26-24-22-20-18-16-14-12-10-6-2/h39-41,46H,5-38H2,1-4H3,(H,51,52)(H,53,54)/t39-,40-,41-/m1/s1. The number of aliphatic hydroxyl groups excluding tert-OH is 1. The Labute approximate surface area is 384 Å². The van der Waals surface area contributed by atoms with Crippen LogP contribution >= 0.6 is 15.6 Å². The van der Waals surface area contributed by atoms with Crippen LogP contribution in [0.3, 0.4) is 0 Å². The molecule has 2 unspecified atom stereocenters. The maximum Gasteiger partial charge on any atom is 0.472 e. The van der Waals surface area contributed by atoms with Crippen molar-refractivity contribution in [3.05, 3.63) is 0 Å². The molecule has 0 radical (unpaired) electrons. The van der Waals surface area contributed by atoms with E-state index < -0.39 is 97.5 Å². The number of phosphoric ester groups is 2. The predicted octanol–water partition coefficient (Wildman–Crippen LogP) is 10.5. The molecule has 0 rings (SSSR count). The first-order valence-corrected chi connectivity index (χ1v) is 27.3. The summed E-state index contributed by atoms with van der Waals surface area (Å²) in [6.45, 7) is 3.76. The van der Waals surface area contributed by atoms with E-state index in [4.69, 9.17) is 37.0 Å². The van der Waals surface area contributed by atoms with Gasteiger partial charge in [-0.05, 0) is 19.3 Å². The second-order valence-electron chi connectivity index (χ2n) is 16.4. The molecule has 0 spiro atoms. The van der Waals surface area contributed by atoms with E-state index in [1.54, 1.807) is 13.8 Å². The van der Waals surface area contributed by atoms with Gasteiger partial charge < -0.3 is 33.8 Å². The van der Waals surface area contributed by atoms with Gasteiger partial charge >= 0.3 is 39.5 Å². The molecular weight excluding hydrogens is 874 g/mol. The van der Waals surface area contributed by atoms with Gasteiger partial charge in [0.1, 0.15) is 19.3 Å². The zero-order valence-electron chi connectivity index (χ0n) is 39.7. The van der Waals surface area contributed by atoms with E-state index in [1.165, 1.54) is 83.5 Å². The van der Waals surface area contributed by atoms with Crippen molar-refractivity contribution in [1.82, 2.24) is 0 Å². The lowest BCUT2D eigenvalue weighted by Gasteiger charge is -2.21. The molecule has 3 N–H and O–H groups in total. The molecule has 0 saturated carbocycles. The quantitative estimate of drug-likeness (QED) is 0.0222. The summed E-state index contributed by atoms with van der Waals surface area (Å²) < 4.78 is 65.7. The number of unbranched alkanes of at least 4 members (excludes halogenated alkanes) is 21. The van der Waals surface area contributed by atoms with Crippen molar-refractivity contribution in [2.24, 2.45) is 0 Å². The van der Waals surface area contributed by atoms with Crippen LogP contribution in [-0.4, -0.2) is 96.7 Å². The molecule has 0 amide bonds. The van der Waals surface area contributed by atoms with E-state index in [0.29, 0.717) is 19.3 Å². The molecule has 0 aliphatic carbocycles. The van der Waals surface area contributed by atoms with Crippen LogP contribution in [0.1, 0.15) is 207 Å². The molecule has 5 atom stereocenters. The summed E-state index contributed by atoms with van der Waals surface area (Å²) in [4.78, 5) is 69.3. The van der Waals surface area contributed by atoms with Gasteiger partial charge in [0, 0.05) is 25.7 Å². The molecule has 0 saturated heterocycles. The fraction of sp³-hybridized carbons (Fsp3) is 0.911. The molecule has 17 nitrogen and oxygen atoms in total. The Balaban J connectivity index is 4.77. The highest BCUT2D eigenvalue weighted by atomic mass is 31.2. The SMILES string of the molecule is CCCCCCCCCCCCCCC(=O)O[C@H](COC(=O)CCC)COP(=O)(O)OC[C@H](O)COP(=O)(O)OC[C@@H](COC(=O)CC)OC(=O)CCCCCCCCCCCCC. The maximum absolute atomic E-state index is 12.6. The highest BCUT2D eigenvalue weighted by molar-refractivity contribution is 7.47. The van der Waals surface area contributed by atoms with Gasteiger partial charge in [-0.15, -0.1) is 0 Å². The van der Waals surface area contributed by atoms with Crippen molar-refractivity contribution in [2.45, 2.75) is 226 Å². The Hall–Kier alpha value is -1.94. The van der Waals surface area contributed by atoms with Gasteiger partial charge in [-0.25, -0.2) is 9.13 Å². The van der Waals surface area contributed by atoms with E-state index >= 15 is 0 Å². The van der Waals surface area contributed by atoms with Crippen LogP contribution in [0.4, 0.5) is 0 Å². The minimum atomic E-state index is -4.90. The third-order valence-electron chi connectivity index (χ3n) is 10.1. The van der Waals surface area contributed by atoms with Gasteiger partial charge in [0.15, 0.2) is 12.2 Å². The minimum absolute atomic E-state index is 0.0513. The molecule has 0 bridgehead atoms. The van der Waals surface area contributed by atoms with Crippen LogP contribution in [0.5, 0.6) is 0 Å². The summed E-state index contributed by atoms with van der Waals surface area (Å²) in [6.07, 6.45) is 22.4. The number of esters is 4. The van der Waals surface area contributed by atoms with E-state index in [1.807, 2.05) is 0 Å². The molecule has 0 fully saturated rings. The summed E-state index contributed by atoms with van der Waals surface area (Å²) >= 11 is 0. The average molecular weight is 961 g/mol. The summed E-state index contributed by atoms with van der Waals surface area (Å²) in [5.41, 5.74) is 0. The first kappa shape index (κ1) is 62.1. The van der Waals surface area contributed by atoms with Crippen molar-refractivity contribution in [1.29, 1.82) is 0 Å². The zero-order valence-corrected chi connectivity index (χ0v) is 41.5. The lowest BCUT2D eigenvalue weighted by molar-refractivity contribution is -0.161. The first-order chi connectivity index (χ1) is 30.7. The number of carbonyl (C=O) groups excluding carboxylic acids is 4. The Kier molecular flexibility index (Phi) is 40.0. The van der Waals surface area contributed by atoms with E-state index in [-0.39, 0.29) is 25.7 Å². The van der Waals surface area contributed by atoms with E-state index in [2.05, 4.69) is 13.8 Å². The Bertz CT molecular complexity index is 1290. The number of ether oxygens (including phenoxy) is 4. The van der Waals surface area contributed by atoms with Gasteiger partial charge in [0.25, 0.3) is 0 Å². The summed E-state index contributed by atoms with van der Waals surface area (Å²) in [5, 5.41) is 10.3. The van der Waals surface area contributed by atoms with Crippen molar-refractivity contribution in [2.75, 3.05) is 39.6 Å². The molecule has 0 aliphatic heterocycles. The monoisotopic (exact) mass is 961 g/mol. The molecule has 64 heavy (non-hydrogen) atoms. The van der Waals surface area contributed by atoms with Crippen LogP contribution in [0.25, 0.3) is 0 Å². The van der Waals surface area contributed by atoms with Gasteiger partial charge in [-0.2, -0.15) is 0 Å². The molecule has 378 valence electrons. The summed E-state index contributed by atoms with van der Waals surface area (Å²) in [7, 11) is -9.79. The zero-order chi connectivity index (χ0) is 47.7. The molecule has 0 aromatic carbocycles. The van der Waals surface area contributed by atoms with Crippen LogP contribution in [0.2, 0.25) is 0 Å². The molecule has 19 heteroatoms. The van der Waals surface area contributed by atoms with Crippen LogP contribution in [0.15, 0.2) is 0 Å². The van der Waals surface area contributed by atoms with Crippen LogP contribution < -0.4 is 0 Å². The summed E-state index contributed by atoms with van der Waals surface area (Å²) in [5.74, 6) is -2.31. The smallest absolute Gasteiger partial charge is 0.462 e. The predicted molar refractivity (Wildman–Crippen MR) is 243 cm³/mol. The number of hydrogen-bond acceptors (Lipinski definition) is 15. The molecule has 0 heterocycles. The number of phosphoric acid groups is 2. The number of rotatable bonds is 46. The number of hydrogen-bond donors (Lipinski definition) is 3. The highest BCUT2D eigenvalue weighted by Crippen LogP contribution is 2.45. The summed E-state index contributed by atoms with van der Waals surface area (Å²) in [6, 6.07) is 0. The highest BCUT2D eigenvalue weighted by Gasteiger charge is 2.30. The maximum atomic E-state index is 12.6. The topological polar surface area (TPSA) is 237 Å². The van der Waals surface area contributed by atoms with Gasteiger partial charge in [-0.3, -0.25) is 37.3 Å². The van der Waals surface area contributed by atoms with Crippen LogP contribution in [0, 0.1) is 0 Å². The lowest BCUT2D eigenvalue weighted by Crippen LogP contribution is -2.30. The van der Waals surface area contributed by atoms with Crippen LogP contribution in [-0.2, 0) is 65.4 Å². The fourth-order valence-electron chi connectivity index (χ4n) is 6.35. The van der Waals surface area contributed by atoms with Gasteiger partial charge in [0.2, 0.25) is 0 Å². The molecule has 0 aliphatic rings. The lowest BCUT2D eigenvalue weighted by atomic mass is 10.0. The Morgan fingerprint density at radius 2 is 0.703 bits per heavy atom. The van der Waals surface area contributed by atoms with E-state index in [0.717, 1.165) is 51.4 Å². The Morgan fingerprint density at radius 3 is 1.03 bits per heavy atom. The Morgan fingerprint density at radius 1 is 0.391 bits per heavy atom. The number of carbonyl (C=O) groups is 4. The third kappa shape index (κ3) is 40.3. The fourth-order valence-corrected chi connectivity index (χ4v) is 7.93. The van der Waals surface area contributed by atoms with Gasteiger partial charge in [-0.1, -0.05) is 163 Å². The normalized spacial score (nSPS) is 14.8. The second kappa shape index (κ2) is 41.3. The van der Waals surface area contributed by atoms with Crippen molar-refractivity contribution in [3.8, 4) is 0 Å². The second-order valence-corrected chi connectivity index (χ2v) is 19.3. The van der Waals surface area contributed by atoms with E-state index in [9.17, 15) is 43.2 Å². The number of aliphatic hydroxyl groups is 1. The molecular formula is C45H86O17P2. The largest absolute Gasteiger partial charge is 0.472 e. The van der Waals surface area contributed by atoms with Crippen molar-refractivity contribution < 1.29 is 80.2 Å². The van der Waals surface area contributed by atoms with Crippen molar-refractivity contribution >= 4 is 39.5 Å². The first-order valence-electron chi connectivity index (χ1n) is 24.3. The molecule has 0 aromatic heterocycles. The van der Waals surface area contributed by atoms with Crippen molar-refractivity contribution in [3.63, 3.8) is 0 Å². The average Bonchev–Trinajstić information content (AvgIpc) is 3.26. The minimum Gasteiger partial charge on any atom is -0.462 e. The third-order valence-corrected chi connectivity index (χ3v) is 12.0. The van der Waals surface area contributed by atoms with Gasteiger partial charge in [0.05, 0.1) is 26.4 Å². The molecule has 0 aromatic rings.